The molecule has 11 nitrogen and oxygen atoms in total. The lowest BCUT2D eigenvalue weighted by Crippen LogP contribution is -2.55. The van der Waals surface area contributed by atoms with E-state index in [4.69, 9.17) is 25.5 Å². The van der Waals surface area contributed by atoms with Crippen LogP contribution in [0.25, 0.3) is 0 Å². The minimum absolute atomic E-state index is 0.0137. The first-order valence-electron chi connectivity index (χ1n) is 16.0. The Labute approximate surface area is 284 Å². The predicted octanol–water partition coefficient (Wildman–Crippen LogP) is 5.12. The smallest absolute Gasteiger partial charge is 0.271 e. The molecule has 3 aromatic carbocycles. The summed E-state index contributed by atoms with van der Waals surface area (Å²) < 4.78 is 46.9. The summed E-state index contributed by atoms with van der Waals surface area (Å²) >= 11 is 6.65. The number of methoxy groups -OCH3 is 2. The van der Waals surface area contributed by atoms with Crippen LogP contribution < -0.4 is 13.8 Å². The topological polar surface area (TPSA) is 126 Å². The summed E-state index contributed by atoms with van der Waals surface area (Å²) in [7, 11) is -1.45. The van der Waals surface area contributed by atoms with Crippen LogP contribution in [0.15, 0.2) is 82.4 Å². The van der Waals surface area contributed by atoms with Gasteiger partial charge in [-0.3, -0.25) is 14.6 Å². The number of rotatable bonds is 9. The number of halogens is 1. The zero-order valence-electron chi connectivity index (χ0n) is 26.7. The van der Waals surface area contributed by atoms with Crippen LogP contribution in [0, 0.1) is 0 Å². The highest BCUT2D eigenvalue weighted by Gasteiger charge is 2.63. The lowest BCUT2D eigenvalue weighted by atomic mass is 9.80. The standard InChI is InChI=1S/C35H37ClN4O7S/c1-45-26-8-10-27(11-9-26)48(43,44)40-30-13-7-24(36)19-29(30)35(34(40)42,39-22-25(41)20-31(39)33-37-14-17-47-33)28-12-6-23(18-32(28)46-2)21-38-15-4-3-5-16-38/h6-14,17-19,25,31,41H,3-5,15-16,20-22H2,1-2H3. The molecule has 3 aliphatic rings. The van der Waals surface area contributed by atoms with E-state index in [2.05, 4.69) is 9.88 Å². The van der Waals surface area contributed by atoms with Crippen molar-refractivity contribution in [2.45, 2.75) is 54.8 Å². The second-order valence-corrected chi connectivity index (χ2v) is 14.6. The van der Waals surface area contributed by atoms with E-state index < -0.39 is 33.6 Å². The van der Waals surface area contributed by atoms with Crippen molar-refractivity contribution in [1.82, 2.24) is 14.8 Å². The van der Waals surface area contributed by atoms with Gasteiger partial charge in [0.2, 0.25) is 5.89 Å². The molecule has 252 valence electrons. The number of hydrogen-bond acceptors (Lipinski definition) is 10. The van der Waals surface area contributed by atoms with Gasteiger partial charge in [-0.15, -0.1) is 0 Å². The summed E-state index contributed by atoms with van der Waals surface area (Å²) in [5, 5.41) is 11.5. The molecule has 3 aliphatic heterocycles. The van der Waals surface area contributed by atoms with Crippen molar-refractivity contribution in [3.05, 3.63) is 101 Å². The maximum Gasteiger partial charge on any atom is 0.271 e. The third-order valence-corrected chi connectivity index (χ3v) is 11.6. The monoisotopic (exact) mass is 692 g/mol. The van der Waals surface area contributed by atoms with Crippen molar-refractivity contribution < 1.29 is 32.2 Å². The molecule has 0 bridgehead atoms. The van der Waals surface area contributed by atoms with Crippen molar-refractivity contribution in [2.75, 3.05) is 38.2 Å². The van der Waals surface area contributed by atoms with E-state index in [1.54, 1.807) is 23.1 Å². The molecule has 0 aliphatic carbocycles. The van der Waals surface area contributed by atoms with Crippen LogP contribution in [-0.4, -0.2) is 74.2 Å². The number of hydrogen-bond donors (Lipinski definition) is 1. The SMILES string of the molecule is COc1ccc(S(=O)(=O)N2C(=O)C(c3ccc(CN4CCCCC4)cc3OC)(N3CC(O)CC3c3ncco3)c3cc(Cl)ccc32)cc1. The predicted molar refractivity (Wildman–Crippen MR) is 179 cm³/mol. The molecule has 1 amide bonds. The average molecular weight is 693 g/mol. The van der Waals surface area contributed by atoms with Crippen LogP contribution >= 0.6 is 11.6 Å². The number of fused-ring (bicyclic) bond motifs is 1. The Morgan fingerprint density at radius 3 is 2.46 bits per heavy atom. The number of anilines is 1. The third kappa shape index (κ3) is 5.36. The van der Waals surface area contributed by atoms with E-state index in [1.807, 2.05) is 18.2 Å². The van der Waals surface area contributed by atoms with E-state index in [-0.39, 0.29) is 23.5 Å². The zero-order chi connectivity index (χ0) is 33.6. The van der Waals surface area contributed by atoms with Crippen LogP contribution in [0.1, 0.15) is 54.3 Å². The van der Waals surface area contributed by atoms with E-state index in [0.717, 1.165) is 35.8 Å². The van der Waals surface area contributed by atoms with Crippen molar-refractivity contribution in [3.63, 3.8) is 0 Å². The summed E-state index contributed by atoms with van der Waals surface area (Å²) in [4.78, 5) is 23.9. The van der Waals surface area contributed by atoms with Gasteiger partial charge in [0.1, 0.15) is 17.8 Å². The lowest BCUT2D eigenvalue weighted by Gasteiger charge is -2.41. The van der Waals surface area contributed by atoms with E-state index in [9.17, 15) is 13.5 Å². The van der Waals surface area contributed by atoms with Gasteiger partial charge in [0.15, 0.2) is 5.54 Å². The van der Waals surface area contributed by atoms with E-state index in [1.165, 1.54) is 57.4 Å². The minimum Gasteiger partial charge on any atom is -0.497 e. The number of amides is 1. The van der Waals surface area contributed by atoms with Gasteiger partial charge in [-0.25, -0.2) is 17.7 Å². The van der Waals surface area contributed by atoms with E-state index >= 15 is 4.79 Å². The Balaban J connectivity index is 1.46. The van der Waals surface area contributed by atoms with Crippen molar-refractivity contribution in [3.8, 4) is 11.5 Å². The summed E-state index contributed by atoms with van der Waals surface area (Å²) in [6.45, 7) is 2.72. The Morgan fingerprint density at radius 1 is 1.00 bits per heavy atom. The molecule has 4 heterocycles. The quantitative estimate of drug-likeness (QED) is 0.253. The molecule has 4 aromatic rings. The molecule has 0 radical (unpaired) electrons. The number of aliphatic hydroxyl groups excluding tert-OH is 1. The second-order valence-electron chi connectivity index (χ2n) is 12.4. The molecule has 3 atom stereocenters. The second kappa shape index (κ2) is 12.8. The summed E-state index contributed by atoms with van der Waals surface area (Å²) in [6, 6.07) is 15.6. The van der Waals surface area contributed by atoms with Gasteiger partial charge < -0.3 is 19.0 Å². The molecule has 2 saturated heterocycles. The fourth-order valence-electron chi connectivity index (χ4n) is 7.46. The lowest BCUT2D eigenvalue weighted by molar-refractivity contribution is -0.127. The first-order chi connectivity index (χ1) is 23.2. The number of likely N-dealkylation sites (tertiary alicyclic amines) is 2. The van der Waals surface area contributed by atoms with Gasteiger partial charge in [0.25, 0.3) is 15.9 Å². The number of oxazole rings is 1. The number of β-amino-alcohol motifs (C(OH)–C–C–N with tert-alkyl or cyclic N) is 1. The molecule has 2 fully saturated rings. The minimum atomic E-state index is -4.47. The summed E-state index contributed by atoms with van der Waals surface area (Å²) in [5.41, 5.74) is 0.0830. The molecule has 1 N–H and O–H groups in total. The highest BCUT2D eigenvalue weighted by molar-refractivity contribution is 7.93. The molecule has 13 heteroatoms. The van der Waals surface area contributed by atoms with Gasteiger partial charge in [-0.2, -0.15) is 0 Å². The Bertz CT molecular complexity index is 1920. The normalized spacial score (nSPS) is 23.4. The zero-order valence-corrected chi connectivity index (χ0v) is 28.3. The summed E-state index contributed by atoms with van der Waals surface area (Å²) in [5.74, 6) is 0.403. The molecule has 3 unspecified atom stereocenters. The molecular formula is C35H37ClN4O7S. The highest BCUT2D eigenvalue weighted by Crippen LogP contribution is 2.57. The van der Waals surface area contributed by atoms with Crippen molar-refractivity contribution >= 4 is 33.2 Å². The van der Waals surface area contributed by atoms with Gasteiger partial charge in [0.05, 0.1) is 43.1 Å². The third-order valence-electron chi connectivity index (χ3n) is 9.62. The van der Waals surface area contributed by atoms with Crippen LogP contribution in [0.4, 0.5) is 5.69 Å². The van der Waals surface area contributed by atoms with Gasteiger partial charge in [0, 0.05) is 29.2 Å². The number of ether oxygens (including phenoxy) is 2. The number of benzene rings is 3. The highest BCUT2D eigenvalue weighted by atomic mass is 35.5. The number of nitrogens with zero attached hydrogens (tertiary/aromatic N) is 4. The van der Waals surface area contributed by atoms with Crippen LogP contribution in [0.3, 0.4) is 0 Å². The fourth-order valence-corrected chi connectivity index (χ4v) is 9.09. The Hall–Kier alpha value is -3.94. The maximum absolute atomic E-state index is 15.5. The van der Waals surface area contributed by atoms with Crippen molar-refractivity contribution in [2.24, 2.45) is 0 Å². The molecule has 0 spiro atoms. The fraction of sp³-hybridized carbons (Fsp3) is 0.371. The first-order valence-corrected chi connectivity index (χ1v) is 17.8. The largest absolute Gasteiger partial charge is 0.497 e. The molecule has 48 heavy (non-hydrogen) atoms. The number of carbonyl (C=O) groups is 1. The van der Waals surface area contributed by atoms with Gasteiger partial charge in [-0.1, -0.05) is 30.2 Å². The molecule has 7 rings (SSSR count). The maximum atomic E-state index is 15.5. The Kier molecular flexibility index (Phi) is 8.71. The molecule has 0 saturated carbocycles. The number of sulfonamides is 1. The molecule has 1 aromatic heterocycles. The number of piperidine rings is 1. The van der Waals surface area contributed by atoms with Crippen LogP contribution in [0.5, 0.6) is 11.5 Å². The van der Waals surface area contributed by atoms with Gasteiger partial charge >= 0.3 is 0 Å². The number of aromatic nitrogens is 1. The van der Waals surface area contributed by atoms with E-state index in [0.29, 0.717) is 40.1 Å². The molecular weight excluding hydrogens is 656 g/mol. The average Bonchev–Trinajstić information content (AvgIpc) is 3.82. The van der Waals surface area contributed by atoms with Gasteiger partial charge in [-0.05, 0) is 86.4 Å². The number of aliphatic hydroxyl groups is 1. The van der Waals surface area contributed by atoms with Crippen LogP contribution in [0.2, 0.25) is 5.02 Å². The first kappa shape index (κ1) is 32.6. The summed E-state index contributed by atoms with van der Waals surface area (Å²) in [6.07, 6.45) is 5.77. The van der Waals surface area contributed by atoms with Crippen LogP contribution in [-0.2, 0) is 26.9 Å². The van der Waals surface area contributed by atoms with Crippen molar-refractivity contribution in [1.29, 1.82) is 0 Å². The Morgan fingerprint density at radius 2 is 1.77 bits per heavy atom. The number of carbonyl (C=O) groups excluding carboxylic acids is 1.